The highest BCUT2D eigenvalue weighted by Crippen LogP contribution is 2.36. The molecule has 1 N–H and O–H groups in total. The third kappa shape index (κ3) is 6.40. The summed E-state index contributed by atoms with van der Waals surface area (Å²) in [4.78, 5) is 10.6. The highest BCUT2D eigenvalue weighted by Gasteiger charge is 2.39. The zero-order valence-electron chi connectivity index (χ0n) is 19.6. The van der Waals surface area contributed by atoms with Gasteiger partial charge < -0.3 is 10.1 Å². The summed E-state index contributed by atoms with van der Waals surface area (Å²) in [7, 11) is -3.45. The molecule has 1 aliphatic rings. The number of sulfone groups is 1. The number of nitrogens with zero attached hydrogens (tertiary/aromatic N) is 3. The van der Waals surface area contributed by atoms with Crippen LogP contribution in [-0.2, 0) is 21.0 Å². The standard InChI is InChI=1S/C26H32N4O3S/c1-2-33-20-26(14-13-22-7-4-3-5-8-22)15-18-30(19-26)21-34(31,32)24-11-9-23(10-12-24)29-25-27-16-6-17-28-25/h3-12,16-17H,2,13-15,18-21H2,1H3,(H,27,28,29). The van der Waals surface area contributed by atoms with Gasteiger partial charge >= 0.3 is 0 Å². The Morgan fingerprint density at radius 1 is 1.03 bits per heavy atom. The molecule has 0 aliphatic carbocycles. The zero-order valence-corrected chi connectivity index (χ0v) is 20.4. The summed E-state index contributed by atoms with van der Waals surface area (Å²) < 4.78 is 32.1. The predicted molar refractivity (Wildman–Crippen MR) is 134 cm³/mol. The van der Waals surface area contributed by atoms with Gasteiger partial charge in [0.15, 0.2) is 9.84 Å². The van der Waals surface area contributed by atoms with Gasteiger partial charge in [0, 0.05) is 36.6 Å². The van der Waals surface area contributed by atoms with Crippen molar-refractivity contribution < 1.29 is 13.2 Å². The van der Waals surface area contributed by atoms with E-state index < -0.39 is 9.84 Å². The van der Waals surface area contributed by atoms with Crippen molar-refractivity contribution in [3.8, 4) is 0 Å². The van der Waals surface area contributed by atoms with Crippen LogP contribution in [0.3, 0.4) is 0 Å². The molecule has 0 spiro atoms. The second-order valence-electron chi connectivity index (χ2n) is 8.89. The molecule has 8 heteroatoms. The average molecular weight is 481 g/mol. The zero-order chi connectivity index (χ0) is 23.9. The number of benzene rings is 2. The van der Waals surface area contributed by atoms with E-state index in [1.807, 2.05) is 13.0 Å². The lowest BCUT2D eigenvalue weighted by molar-refractivity contribution is 0.0505. The van der Waals surface area contributed by atoms with Crippen molar-refractivity contribution in [1.29, 1.82) is 0 Å². The molecule has 0 amide bonds. The highest BCUT2D eigenvalue weighted by atomic mass is 32.2. The van der Waals surface area contributed by atoms with Gasteiger partial charge in [-0.2, -0.15) is 0 Å². The predicted octanol–water partition coefficient (Wildman–Crippen LogP) is 4.31. The smallest absolute Gasteiger partial charge is 0.227 e. The fraction of sp³-hybridized carbons (Fsp3) is 0.385. The normalized spacial score (nSPS) is 18.7. The maximum absolute atomic E-state index is 13.1. The summed E-state index contributed by atoms with van der Waals surface area (Å²) in [5.74, 6) is 0.483. The first kappa shape index (κ1) is 24.3. The molecule has 0 radical (unpaired) electrons. The number of nitrogens with one attached hydrogen (secondary N) is 1. The number of anilines is 2. The van der Waals surface area contributed by atoms with E-state index in [9.17, 15) is 8.42 Å². The molecule has 1 unspecified atom stereocenters. The molecule has 2 heterocycles. The molecule has 180 valence electrons. The first-order valence-electron chi connectivity index (χ1n) is 11.7. The minimum Gasteiger partial charge on any atom is -0.381 e. The van der Waals surface area contributed by atoms with E-state index in [0.29, 0.717) is 24.1 Å². The van der Waals surface area contributed by atoms with Crippen LogP contribution in [0.2, 0.25) is 0 Å². The van der Waals surface area contributed by atoms with Crippen LogP contribution in [0.1, 0.15) is 25.3 Å². The van der Waals surface area contributed by atoms with Gasteiger partial charge in [-0.15, -0.1) is 0 Å². The van der Waals surface area contributed by atoms with E-state index in [4.69, 9.17) is 4.74 Å². The van der Waals surface area contributed by atoms with Crippen LogP contribution >= 0.6 is 0 Å². The number of aromatic nitrogens is 2. The Morgan fingerprint density at radius 3 is 2.47 bits per heavy atom. The van der Waals surface area contributed by atoms with Gasteiger partial charge in [0.25, 0.3) is 0 Å². The summed E-state index contributed by atoms with van der Waals surface area (Å²) >= 11 is 0. The lowest BCUT2D eigenvalue weighted by atomic mass is 9.82. The molecule has 1 fully saturated rings. The largest absolute Gasteiger partial charge is 0.381 e. The van der Waals surface area contributed by atoms with E-state index in [1.165, 1.54) is 5.56 Å². The number of hydrogen-bond acceptors (Lipinski definition) is 7. The number of rotatable bonds is 11. The molecule has 1 aliphatic heterocycles. The second kappa shape index (κ2) is 11.1. The molecule has 4 rings (SSSR count). The Kier molecular flexibility index (Phi) is 7.92. The molecular formula is C26H32N4O3S. The molecule has 3 aromatic rings. The Hall–Kier alpha value is -2.81. The van der Waals surface area contributed by atoms with Crippen LogP contribution in [0.4, 0.5) is 11.6 Å². The van der Waals surface area contributed by atoms with Crippen LogP contribution < -0.4 is 5.32 Å². The summed E-state index contributed by atoms with van der Waals surface area (Å²) in [5.41, 5.74) is 2.02. The second-order valence-corrected chi connectivity index (χ2v) is 10.8. The lowest BCUT2D eigenvalue weighted by Crippen LogP contribution is -2.34. The van der Waals surface area contributed by atoms with Crippen LogP contribution in [0.5, 0.6) is 0 Å². The van der Waals surface area contributed by atoms with Crippen LogP contribution in [-0.4, -0.2) is 55.5 Å². The lowest BCUT2D eigenvalue weighted by Gasteiger charge is -2.29. The molecule has 34 heavy (non-hydrogen) atoms. The minimum absolute atomic E-state index is 0.0147. The quantitative estimate of drug-likeness (QED) is 0.438. The summed E-state index contributed by atoms with van der Waals surface area (Å²) in [6, 6.07) is 18.9. The molecule has 1 saturated heterocycles. The van der Waals surface area contributed by atoms with Gasteiger partial charge in [-0.3, -0.25) is 4.90 Å². The van der Waals surface area contributed by atoms with Crippen molar-refractivity contribution in [2.24, 2.45) is 5.41 Å². The molecule has 7 nitrogen and oxygen atoms in total. The van der Waals surface area contributed by atoms with Gasteiger partial charge in [0.05, 0.1) is 11.5 Å². The minimum atomic E-state index is -3.45. The fourth-order valence-corrected chi connectivity index (χ4v) is 5.86. The Bertz CT molecular complexity index is 1140. The summed E-state index contributed by atoms with van der Waals surface area (Å²) in [6.07, 6.45) is 6.18. The Balaban J connectivity index is 1.39. The van der Waals surface area contributed by atoms with E-state index >= 15 is 0 Å². The van der Waals surface area contributed by atoms with Crippen molar-refractivity contribution in [2.75, 3.05) is 37.5 Å². The van der Waals surface area contributed by atoms with E-state index in [-0.39, 0.29) is 11.3 Å². The molecule has 1 atom stereocenters. The topological polar surface area (TPSA) is 84.4 Å². The maximum atomic E-state index is 13.1. The van der Waals surface area contributed by atoms with Gasteiger partial charge in [-0.05, 0) is 68.6 Å². The monoisotopic (exact) mass is 480 g/mol. The maximum Gasteiger partial charge on any atom is 0.227 e. The van der Waals surface area contributed by atoms with Crippen molar-refractivity contribution in [1.82, 2.24) is 14.9 Å². The third-order valence-corrected chi connectivity index (χ3v) is 8.00. The first-order chi connectivity index (χ1) is 16.5. The van der Waals surface area contributed by atoms with Crippen LogP contribution in [0.25, 0.3) is 0 Å². The summed E-state index contributed by atoms with van der Waals surface area (Å²) in [5, 5.41) is 3.07. The third-order valence-electron chi connectivity index (χ3n) is 6.30. The van der Waals surface area contributed by atoms with E-state index in [2.05, 4.69) is 44.5 Å². The molecule has 0 saturated carbocycles. The highest BCUT2D eigenvalue weighted by molar-refractivity contribution is 7.91. The number of hydrogen-bond donors (Lipinski definition) is 1. The van der Waals surface area contributed by atoms with Crippen molar-refractivity contribution >= 4 is 21.5 Å². The molecule has 1 aromatic heterocycles. The van der Waals surface area contributed by atoms with Gasteiger partial charge in [0.2, 0.25) is 5.95 Å². The van der Waals surface area contributed by atoms with E-state index in [1.54, 1.807) is 42.7 Å². The van der Waals surface area contributed by atoms with Crippen LogP contribution in [0, 0.1) is 5.41 Å². The van der Waals surface area contributed by atoms with Gasteiger partial charge in [-0.1, -0.05) is 30.3 Å². The number of ether oxygens (including phenoxy) is 1. The number of likely N-dealkylation sites (tertiary alicyclic amines) is 1. The fourth-order valence-electron chi connectivity index (χ4n) is 4.46. The van der Waals surface area contributed by atoms with Crippen molar-refractivity contribution in [2.45, 2.75) is 31.1 Å². The van der Waals surface area contributed by atoms with Gasteiger partial charge in [-0.25, -0.2) is 18.4 Å². The molecule has 0 bridgehead atoms. The summed E-state index contributed by atoms with van der Waals surface area (Å²) in [6.45, 7) is 4.81. The molecule has 2 aromatic carbocycles. The van der Waals surface area contributed by atoms with Crippen LogP contribution in [0.15, 0.2) is 78.0 Å². The SMILES string of the molecule is CCOCC1(CCc2ccccc2)CCN(CS(=O)(=O)c2ccc(Nc3ncccn3)cc2)C1. The molecular weight excluding hydrogens is 448 g/mol. The van der Waals surface area contributed by atoms with Crippen molar-refractivity contribution in [3.63, 3.8) is 0 Å². The number of aryl methyl sites for hydroxylation is 1. The average Bonchev–Trinajstić information content (AvgIpc) is 3.25. The van der Waals surface area contributed by atoms with Gasteiger partial charge in [0.1, 0.15) is 5.88 Å². The van der Waals surface area contributed by atoms with E-state index in [0.717, 1.165) is 38.0 Å². The van der Waals surface area contributed by atoms with Crippen molar-refractivity contribution in [3.05, 3.63) is 78.6 Å². The first-order valence-corrected chi connectivity index (χ1v) is 13.3. The Labute approximate surface area is 202 Å². The Morgan fingerprint density at radius 2 is 1.76 bits per heavy atom.